The third-order valence-corrected chi connectivity index (χ3v) is 3.51. The van der Waals surface area contributed by atoms with Crippen molar-refractivity contribution < 1.29 is 9.15 Å². The first-order valence-corrected chi connectivity index (χ1v) is 6.88. The Morgan fingerprint density at radius 3 is 2.62 bits per heavy atom. The van der Waals surface area contributed by atoms with E-state index in [0.717, 1.165) is 16.9 Å². The molecule has 4 nitrogen and oxygen atoms in total. The van der Waals surface area contributed by atoms with Crippen LogP contribution in [0.25, 0.3) is 11.5 Å². The van der Waals surface area contributed by atoms with Crippen LogP contribution in [0.15, 0.2) is 59.0 Å². The van der Waals surface area contributed by atoms with E-state index >= 15 is 0 Å². The standard InChI is InChI=1S/C16H13ClN2O2/c1-20-13-9-5-8-12(10-13)15-18-19-16(21-15)14(17)11-6-3-2-4-7-11/h2-10,14H,1H3. The predicted molar refractivity (Wildman–Crippen MR) is 80.4 cm³/mol. The van der Waals surface area contributed by atoms with Crippen molar-refractivity contribution in [3.63, 3.8) is 0 Å². The molecule has 0 bridgehead atoms. The monoisotopic (exact) mass is 300 g/mol. The molecule has 21 heavy (non-hydrogen) atoms. The van der Waals surface area contributed by atoms with Gasteiger partial charge in [0, 0.05) is 5.56 Å². The summed E-state index contributed by atoms with van der Waals surface area (Å²) in [5.74, 6) is 1.53. The Morgan fingerprint density at radius 1 is 1.05 bits per heavy atom. The van der Waals surface area contributed by atoms with Crippen molar-refractivity contribution >= 4 is 11.6 Å². The third kappa shape index (κ3) is 2.90. The van der Waals surface area contributed by atoms with Gasteiger partial charge in [-0.25, -0.2) is 0 Å². The lowest BCUT2D eigenvalue weighted by Crippen LogP contribution is -1.92. The Morgan fingerprint density at radius 2 is 1.86 bits per heavy atom. The van der Waals surface area contributed by atoms with Crippen molar-refractivity contribution in [2.24, 2.45) is 0 Å². The lowest BCUT2D eigenvalue weighted by molar-refractivity contribution is 0.414. The quantitative estimate of drug-likeness (QED) is 0.681. The fourth-order valence-corrected chi connectivity index (χ4v) is 2.21. The Kier molecular flexibility index (Phi) is 3.88. The molecule has 0 saturated heterocycles. The number of methoxy groups -OCH3 is 1. The zero-order chi connectivity index (χ0) is 14.7. The number of hydrogen-bond acceptors (Lipinski definition) is 4. The average Bonchev–Trinajstić information content (AvgIpc) is 3.05. The van der Waals surface area contributed by atoms with Gasteiger partial charge in [-0.1, -0.05) is 36.4 Å². The Hall–Kier alpha value is -2.33. The molecular weight excluding hydrogens is 288 g/mol. The van der Waals surface area contributed by atoms with E-state index < -0.39 is 5.38 Å². The summed E-state index contributed by atoms with van der Waals surface area (Å²) in [5.41, 5.74) is 1.71. The van der Waals surface area contributed by atoms with E-state index in [0.29, 0.717) is 11.8 Å². The van der Waals surface area contributed by atoms with Crippen molar-refractivity contribution in [3.05, 3.63) is 66.1 Å². The number of halogens is 1. The van der Waals surface area contributed by atoms with E-state index in [4.69, 9.17) is 20.8 Å². The van der Waals surface area contributed by atoms with Gasteiger partial charge in [-0.2, -0.15) is 0 Å². The van der Waals surface area contributed by atoms with Crippen LogP contribution in [-0.2, 0) is 0 Å². The van der Waals surface area contributed by atoms with Gasteiger partial charge in [0.15, 0.2) is 0 Å². The van der Waals surface area contributed by atoms with Gasteiger partial charge >= 0.3 is 0 Å². The largest absolute Gasteiger partial charge is 0.497 e. The Bertz CT molecular complexity index is 728. The number of rotatable bonds is 4. The van der Waals surface area contributed by atoms with Crippen LogP contribution < -0.4 is 4.74 Å². The van der Waals surface area contributed by atoms with Gasteiger partial charge < -0.3 is 9.15 Å². The maximum Gasteiger partial charge on any atom is 0.247 e. The molecule has 0 aliphatic heterocycles. The first-order valence-electron chi connectivity index (χ1n) is 6.45. The van der Waals surface area contributed by atoms with E-state index in [1.165, 1.54) is 0 Å². The molecule has 106 valence electrons. The van der Waals surface area contributed by atoms with Gasteiger partial charge in [-0.15, -0.1) is 21.8 Å². The second kappa shape index (κ2) is 5.97. The lowest BCUT2D eigenvalue weighted by Gasteiger charge is -2.04. The summed E-state index contributed by atoms with van der Waals surface area (Å²) in [7, 11) is 1.61. The van der Waals surface area contributed by atoms with E-state index in [-0.39, 0.29) is 0 Å². The van der Waals surface area contributed by atoms with E-state index in [1.54, 1.807) is 7.11 Å². The average molecular weight is 301 g/mol. The van der Waals surface area contributed by atoms with Crippen molar-refractivity contribution in [1.82, 2.24) is 10.2 Å². The number of aromatic nitrogens is 2. The summed E-state index contributed by atoms with van der Waals surface area (Å²) in [6.45, 7) is 0. The molecule has 0 amide bonds. The SMILES string of the molecule is COc1cccc(-c2nnc(C(Cl)c3ccccc3)o2)c1. The molecule has 3 aromatic rings. The van der Waals surface area contributed by atoms with Crippen LogP contribution >= 0.6 is 11.6 Å². The minimum Gasteiger partial charge on any atom is -0.497 e. The predicted octanol–water partition coefficient (Wildman–Crippen LogP) is 4.07. The number of nitrogens with zero attached hydrogens (tertiary/aromatic N) is 2. The maximum absolute atomic E-state index is 6.37. The number of benzene rings is 2. The first-order chi connectivity index (χ1) is 10.3. The highest BCUT2D eigenvalue weighted by molar-refractivity contribution is 6.22. The molecule has 2 aromatic carbocycles. The molecule has 0 spiro atoms. The molecule has 5 heteroatoms. The Labute approximate surface area is 127 Å². The van der Waals surface area contributed by atoms with Crippen LogP contribution in [0.3, 0.4) is 0 Å². The minimum atomic E-state index is -0.460. The van der Waals surface area contributed by atoms with Crippen molar-refractivity contribution in [2.75, 3.05) is 7.11 Å². The molecule has 0 aliphatic rings. The second-order valence-electron chi connectivity index (χ2n) is 4.45. The molecule has 0 N–H and O–H groups in total. The van der Waals surface area contributed by atoms with Crippen LogP contribution in [0.2, 0.25) is 0 Å². The van der Waals surface area contributed by atoms with Crippen molar-refractivity contribution in [3.8, 4) is 17.2 Å². The van der Waals surface area contributed by atoms with Crippen molar-refractivity contribution in [1.29, 1.82) is 0 Å². The Balaban J connectivity index is 1.89. The summed E-state index contributed by atoms with van der Waals surface area (Å²) < 4.78 is 10.9. The maximum atomic E-state index is 6.37. The third-order valence-electron chi connectivity index (χ3n) is 3.07. The molecule has 0 radical (unpaired) electrons. The molecular formula is C16H13ClN2O2. The molecule has 1 unspecified atom stereocenters. The van der Waals surface area contributed by atoms with Crippen LogP contribution in [-0.4, -0.2) is 17.3 Å². The van der Waals surface area contributed by atoms with Gasteiger partial charge in [0.25, 0.3) is 0 Å². The van der Waals surface area contributed by atoms with Crippen LogP contribution in [0.1, 0.15) is 16.8 Å². The zero-order valence-corrected chi connectivity index (χ0v) is 12.1. The molecule has 3 rings (SSSR count). The van der Waals surface area contributed by atoms with Crippen LogP contribution in [0.5, 0.6) is 5.75 Å². The fraction of sp³-hybridized carbons (Fsp3) is 0.125. The zero-order valence-electron chi connectivity index (χ0n) is 11.4. The normalized spacial score (nSPS) is 12.1. The molecule has 1 atom stereocenters. The number of alkyl halides is 1. The second-order valence-corrected chi connectivity index (χ2v) is 4.89. The number of hydrogen-bond donors (Lipinski definition) is 0. The molecule has 1 heterocycles. The molecule has 1 aromatic heterocycles. The summed E-state index contributed by atoms with van der Waals surface area (Å²) >= 11 is 6.37. The van der Waals surface area contributed by atoms with E-state index in [9.17, 15) is 0 Å². The van der Waals surface area contributed by atoms with Gasteiger partial charge in [0.1, 0.15) is 11.1 Å². The van der Waals surface area contributed by atoms with Gasteiger partial charge in [0.2, 0.25) is 11.8 Å². The molecule has 0 aliphatic carbocycles. The summed E-state index contributed by atoms with van der Waals surface area (Å²) in [6, 6.07) is 17.1. The highest BCUT2D eigenvalue weighted by Gasteiger charge is 2.18. The summed E-state index contributed by atoms with van der Waals surface area (Å²) in [5, 5.41) is 7.63. The van der Waals surface area contributed by atoms with Crippen LogP contribution in [0, 0.1) is 0 Å². The highest BCUT2D eigenvalue weighted by Crippen LogP contribution is 2.30. The van der Waals surface area contributed by atoms with Gasteiger partial charge in [-0.05, 0) is 23.8 Å². The van der Waals surface area contributed by atoms with Gasteiger partial charge in [0.05, 0.1) is 7.11 Å². The summed E-state index contributed by atoms with van der Waals surface area (Å²) in [4.78, 5) is 0. The van der Waals surface area contributed by atoms with E-state index in [2.05, 4.69) is 10.2 Å². The molecule has 0 saturated carbocycles. The van der Waals surface area contributed by atoms with Crippen LogP contribution in [0.4, 0.5) is 0 Å². The highest BCUT2D eigenvalue weighted by atomic mass is 35.5. The fourth-order valence-electron chi connectivity index (χ4n) is 1.97. The van der Waals surface area contributed by atoms with Gasteiger partial charge in [-0.3, -0.25) is 0 Å². The smallest absolute Gasteiger partial charge is 0.247 e. The lowest BCUT2D eigenvalue weighted by atomic mass is 10.1. The molecule has 0 fully saturated rings. The van der Waals surface area contributed by atoms with E-state index in [1.807, 2.05) is 54.6 Å². The van der Waals surface area contributed by atoms with Crippen molar-refractivity contribution in [2.45, 2.75) is 5.38 Å². The topological polar surface area (TPSA) is 48.2 Å². The first kappa shape index (κ1) is 13.6. The minimum absolute atomic E-state index is 0.376. The summed E-state index contributed by atoms with van der Waals surface area (Å²) in [6.07, 6.45) is 0. The number of ether oxygens (including phenoxy) is 1.